The fraction of sp³-hybridized carbons (Fsp3) is 0.917. The number of hydrogen-bond acceptors (Lipinski definition) is 4. The molecule has 1 fully saturated rings. The highest BCUT2D eigenvalue weighted by atomic mass is 35.5. The molecule has 0 spiro atoms. The molecular formula is C12H26ClN3O3S. The molecule has 0 aromatic carbocycles. The number of amides is 1. The molecule has 1 aliphatic rings. The monoisotopic (exact) mass is 327 g/mol. The van der Waals surface area contributed by atoms with Crippen LogP contribution in [-0.4, -0.2) is 61.5 Å². The Bertz CT molecular complexity index is 426. The number of nitrogens with zero attached hydrogens (tertiary/aromatic N) is 2. The van der Waals surface area contributed by atoms with Gasteiger partial charge in [0.2, 0.25) is 15.9 Å². The molecule has 0 aromatic rings. The van der Waals surface area contributed by atoms with Crippen LogP contribution in [0.4, 0.5) is 0 Å². The number of rotatable bonds is 4. The number of nitrogens with two attached hydrogens (primary N) is 1. The first-order chi connectivity index (χ1) is 8.68. The van der Waals surface area contributed by atoms with Crippen LogP contribution < -0.4 is 5.73 Å². The van der Waals surface area contributed by atoms with E-state index in [-0.39, 0.29) is 18.3 Å². The van der Waals surface area contributed by atoms with Gasteiger partial charge >= 0.3 is 0 Å². The SMILES string of the molecule is CCCC(C)(N)C(=O)N1CCCN(S(C)(=O)=O)CC1.Cl. The van der Waals surface area contributed by atoms with Gasteiger partial charge in [0.15, 0.2) is 0 Å². The summed E-state index contributed by atoms with van der Waals surface area (Å²) in [5, 5.41) is 0. The molecule has 8 heteroatoms. The van der Waals surface area contributed by atoms with Gasteiger partial charge in [0.05, 0.1) is 11.8 Å². The topological polar surface area (TPSA) is 83.7 Å². The summed E-state index contributed by atoms with van der Waals surface area (Å²) in [6.45, 7) is 5.55. The van der Waals surface area contributed by atoms with Gasteiger partial charge in [-0.25, -0.2) is 12.7 Å². The smallest absolute Gasteiger partial charge is 0.242 e. The van der Waals surface area contributed by atoms with E-state index in [4.69, 9.17) is 5.73 Å². The lowest BCUT2D eigenvalue weighted by Gasteiger charge is -2.30. The van der Waals surface area contributed by atoms with Crippen molar-refractivity contribution in [1.29, 1.82) is 0 Å². The Morgan fingerprint density at radius 1 is 1.25 bits per heavy atom. The van der Waals surface area contributed by atoms with Crippen molar-refractivity contribution >= 4 is 28.3 Å². The molecule has 0 aromatic heterocycles. The summed E-state index contributed by atoms with van der Waals surface area (Å²) in [6, 6.07) is 0. The number of sulfonamides is 1. The Kier molecular flexibility index (Phi) is 7.44. The highest BCUT2D eigenvalue weighted by Crippen LogP contribution is 2.15. The van der Waals surface area contributed by atoms with Crippen molar-refractivity contribution < 1.29 is 13.2 Å². The highest BCUT2D eigenvalue weighted by Gasteiger charge is 2.33. The molecule has 0 bridgehead atoms. The first-order valence-corrected chi connectivity index (χ1v) is 8.56. The van der Waals surface area contributed by atoms with Crippen LogP contribution in [0.1, 0.15) is 33.1 Å². The maximum Gasteiger partial charge on any atom is 0.242 e. The molecule has 1 atom stereocenters. The van der Waals surface area contributed by atoms with Gasteiger partial charge in [-0.05, 0) is 19.8 Å². The maximum absolute atomic E-state index is 12.4. The quantitative estimate of drug-likeness (QED) is 0.811. The van der Waals surface area contributed by atoms with E-state index in [0.717, 1.165) is 6.42 Å². The zero-order valence-electron chi connectivity index (χ0n) is 12.5. The largest absolute Gasteiger partial charge is 0.340 e. The molecular weight excluding hydrogens is 302 g/mol. The lowest BCUT2D eigenvalue weighted by molar-refractivity contribution is -0.136. The van der Waals surface area contributed by atoms with Gasteiger partial charge in [0, 0.05) is 26.2 Å². The third kappa shape index (κ3) is 5.20. The molecule has 0 saturated carbocycles. The molecule has 0 radical (unpaired) electrons. The highest BCUT2D eigenvalue weighted by molar-refractivity contribution is 7.88. The normalized spacial score (nSPS) is 20.7. The Labute approximate surface area is 128 Å². The van der Waals surface area contributed by atoms with E-state index in [0.29, 0.717) is 39.0 Å². The second-order valence-corrected chi connectivity index (χ2v) is 7.46. The van der Waals surface area contributed by atoms with Crippen molar-refractivity contribution in [2.45, 2.75) is 38.6 Å². The van der Waals surface area contributed by atoms with Crippen molar-refractivity contribution in [3.63, 3.8) is 0 Å². The molecule has 1 rings (SSSR count). The Balaban J connectivity index is 0.00000361. The summed E-state index contributed by atoms with van der Waals surface area (Å²) in [6.07, 6.45) is 3.34. The van der Waals surface area contributed by atoms with Crippen LogP contribution in [0.5, 0.6) is 0 Å². The minimum absolute atomic E-state index is 0. The summed E-state index contributed by atoms with van der Waals surface area (Å²) >= 11 is 0. The predicted octanol–water partition coefficient (Wildman–Crippen LogP) is 0.420. The van der Waals surface area contributed by atoms with E-state index in [1.165, 1.54) is 10.6 Å². The van der Waals surface area contributed by atoms with Crippen LogP contribution in [0, 0.1) is 0 Å². The van der Waals surface area contributed by atoms with E-state index in [9.17, 15) is 13.2 Å². The molecule has 1 unspecified atom stereocenters. The molecule has 6 nitrogen and oxygen atoms in total. The number of carbonyl (C=O) groups is 1. The maximum atomic E-state index is 12.4. The van der Waals surface area contributed by atoms with Crippen LogP contribution in [-0.2, 0) is 14.8 Å². The molecule has 20 heavy (non-hydrogen) atoms. The third-order valence-corrected chi connectivity index (χ3v) is 4.77. The third-order valence-electron chi connectivity index (χ3n) is 3.47. The van der Waals surface area contributed by atoms with Crippen LogP contribution in [0.2, 0.25) is 0 Å². The lowest BCUT2D eigenvalue weighted by atomic mass is 9.95. The van der Waals surface area contributed by atoms with E-state index < -0.39 is 15.6 Å². The Hall–Kier alpha value is -0.370. The fourth-order valence-electron chi connectivity index (χ4n) is 2.42. The van der Waals surface area contributed by atoms with Gasteiger partial charge in [0.1, 0.15) is 0 Å². The van der Waals surface area contributed by atoms with Crippen molar-refractivity contribution in [2.75, 3.05) is 32.4 Å². The first-order valence-electron chi connectivity index (χ1n) is 6.72. The van der Waals surface area contributed by atoms with Gasteiger partial charge in [0.25, 0.3) is 0 Å². The van der Waals surface area contributed by atoms with Crippen LogP contribution in [0.15, 0.2) is 0 Å². The summed E-state index contributed by atoms with van der Waals surface area (Å²) < 4.78 is 24.5. The molecule has 2 N–H and O–H groups in total. The van der Waals surface area contributed by atoms with Gasteiger partial charge in [-0.15, -0.1) is 12.4 Å². The van der Waals surface area contributed by atoms with E-state index in [1.54, 1.807) is 11.8 Å². The summed E-state index contributed by atoms with van der Waals surface area (Å²) in [4.78, 5) is 14.0. The lowest BCUT2D eigenvalue weighted by Crippen LogP contribution is -2.54. The average Bonchev–Trinajstić information content (AvgIpc) is 2.52. The van der Waals surface area contributed by atoms with Crippen molar-refractivity contribution in [1.82, 2.24) is 9.21 Å². The summed E-state index contributed by atoms with van der Waals surface area (Å²) in [5.74, 6) is -0.0790. The van der Waals surface area contributed by atoms with Crippen molar-refractivity contribution in [3.8, 4) is 0 Å². The summed E-state index contributed by atoms with van der Waals surface area (Å²) in [7, 11) is -3.18. The molecule has 1 aliphatic heterocycles. The Morgan fingerprint density at radius 2 is 1.85 bits per heavy atom. The zero-order valence-corrected chi connectivity index (χ0v) is 14.1. The number of carbonyl (C=O) groups excluding carboxylic acids is 1. The fourth-order valence-corrected chi connectivity index (χ4v) is 3.29. The number of halogens is 1. The Morgan fingerprint density at radius 3 is 2.35 bits per heavy atom. The first kappa shape index (κ1) is 19.6. The molecule has 120 valence electrons. The minimum atomic E-state index is -3.18. The van der Waals surface area contributed by atoms with E-state index in [2.05, 4.69) is 0 Å². The summed E-state index contributed by atoms with van der Waals surface area (Å²) in [5.41, 5.74) is 5.20. The molecule has 1 amide bonds. The van der Waals surface area contributed by atoms with Gasteiger partial charge in [-0.3, -0.25) is 4.79 Å². The van der Waals surface area contributed by atoms with Crippen LogP contribution in [0.3, 0.4) is 0 Å². The standard InChI is InChI=1S/C12H25N3O3S.ClH/c1-4-6-12(2,13)11(16)14-7-5-8-15(10-9-14)19(3,17)18;/h4-10,13H2,1-3H3;1H. The van der Waals surface area contributed by atoms with Gasteiger partial charge in [-0.1, -0.05) is 13.3 Å². The zero-order chi connectivity index (χ0) is 14.7. The predicted molar refractivity (Wildman–Crippen MR) is 82.4 cm³/mol. The molecule has 1 heterocycles. The van der Waals surface area contributed by atoms with Crippen molar-refractivity contribution in [2.24, 2.45) is 5.73 Å². The van der Waals surface area contributed by atoms with Gasteiger partial charge < -0.3 is 10.6 Å². The van der Waals surface area contributed by atoms with E-state index >= 15 is 0 Å². The average molecular weight is 328 g/mol. The van der Waals surface area contributed by atoms with Crippen LogP contribution >= 0.6 is 12.4 Å². The second kappa shape index (κ2) is 7.59. The van der Waals surface area contributed by atoms with Crippen molar-refractivity contribution in [3.05, 3.63) is 0 Å². The minimum Gasteiger partial charge on any atom is -0.340 e. The van der Waals surface area contributed by atoms with Gasteiger partial charge in [-0.2, -0.15) is 0 Å². The van der Waals surface area contributed by atoms with E-state index in [1.807, 2.05) is 6.92 Å². The number of hydrogen-bond donors (Lipinski definition) is 1. The second-order valence-electron chi connectivity index (χ2n) is 5.48. The molecule has 1 saturated heterocycles. The molecule has 0 aliphatic carbocycles. The van der Waals surface area contributed by atoms with Crippen LogP contribution in [0.25, 0.3) is 0 Å².